The summed E-state index contributed by atoms with van der Waals surface area (Å²) in [6.07, 6.45) is -0.550. The van der Waals surface area contributed by atoms with E-state index in [0.29, 0.717) is 30.1 Å². The summed E-state index contributed by atoms with van der Waals surface area (Å²) in [6, 6.07) is 12.0. The molecule has 0 unspecified atom stereocenters. The zero-order valence-corrected chi connectivity index (χ0v) is 15.1. The fourth-order valence-corrected chi connectivity index (χ4v) is 2.39. The molecular weight excluding hydrogens is 321 g/mol. The van der Waals surface area contributed by atoms with Crippen LogP contribution in [0.15, 0.2) is 47.6 Å². The molecule has 0 amide bonds. The fourth-order valence-electron chi connectivity index (χ4n) is 2.39. The van der Waals surface area contributed by atoms with Gasteiger partial charge in [0.15, 0.2) is 12.0 Å². The van der Waals surface area contributed by atoms with Crippen molar-refractivity contribution in [3.05, 3.63) is 53.8 Å². The third-order valence-electron chi connectivity index (χ3n) is 3.41. The predicted octanol–water partition coefficient (Wildman–Crippen LogP) is 5.34. The smallest absolute Gasteiger partial charge is 0.184 e. The Labute approximate surface area is 148 Å². The highest BCUT2D eigenvalue weighted by molar-refractivity contribution is 5.78. The van der Waals surface area contributed by atoms with Gasteiger partial charge in [-0.15, -0.1) is 0 Å². The Hall–Kier alpha value is -2.24. The number of halogens is 1. The first kappa shape index (κ1) is 19.1. The summed E-state index contributed by atoms with van der Waals surface area (Å²) in [5.41, 5.74) is 2.67. The van der Waals surface area contributed by atoms with E-state index in [4.69, 9.17) is 14.3 Å². The van der Waals surface area contributed by atoms with Gasteiger partial charge in [-0.05, 0) is 51.5 Å². The second-order valence-electron chi connectivity index (χ2n) is 5.60. The maximum atomic E-state index is 14.5. The number of hydrogen-bond donors (Lipinski definition) is 0. The van der Waals surface area contributed by atoms with Gasteiger partial charge in [0.2, 0.25) is 0 Å². The van der Waals surface area contributed by atoms with Crippen LogP contribution in [-0.4, -0.2) is 18.9 Å². The summed E-state index contributed by atoms with van der Waals surface area (Å²) in [7, 11) is 0. The second-order valence-corrected chi connectivity index (χ2v) is 5.60. The molecular formula is C20H24FNO3. The lowest BCUT2D eigenvalue weighted by molar-refractivity contribution is -0.139. The van der Waals surface area contributed by atoms with Crippen molar-refractivity contribution >= 4 is 5.71 Å². The van der Waals surface area contributed by atoms with Gasteiger partial charge in [-0.25, -0.2) is 4.39 Å². The zero-order chi connectivity index (χ0) is 18.2. The van der Waals surface area contributed by atoms with Gasteiger partial charge in [-0.1, -0.05) is 29.4 Å². The van der Waals surface area contributed by atoms with Crippen molar-refractivity contribution in [3.8, 4) is 16.9 Å². The molecule has 2 rings (SSSR count). The third-order valence-corrected chi connectivity index (χ3v) is 3.41. The minimum absolute atomic E-state index is 0.344. The molecule has 5 heteroatoms. The molecule has 0 aliphatic heterocycles. The number of oxime groups is 1. The summed E-state index contributed by atoms with van der Waals surface area (Å²) >= 11 is 0. The van der Waals surface area contributed by atoms with Crippen LogP contribution in [0.2, 0.25) is 0 Å². The maximum absolute atomic E-state index is 14.5. The van der Waals surface area contributed by atoms with E-state index < -0.39 is 6.29 Å². The Morgan fingerprint density at radius 1 is 1.00 bits per heavy atom. The van der Waals surface area contributed by atoms with Crippen molar-refractivity contribution in [2.45, 2.75) is 34.0 Å². The van der Waals surface area contributed by atoms with Crippen LogP contribution in [0.4, 0.5) is 4.39 Å². The predicted molar refractivity (Wildman–Crippen MR) is 97.2 cm³/mol. The number of benzene rings is 2. The van der Waals surface area contributed by atoms with Gasteiger partial charge in [0.25, 0.3) is 0 Å². The van der Waals surface area contributed by atoms with E-state index >= 15 is 0 Å². The minimum Gasteiger partial charge on any atom is -0.357 e. The van der Waals surface area contributed by atoms with E-state index in [-0.39, 0.29) is 5.82 Å². The Morgan fingerprint density at radius 2 is 1.68 bits per heavy atom. The van der Waals surface area contributed by atoms with Gasteiger partial charge in [0.1, 0.15) is 5.82 Å². The van der Waals surface area contributed by atoms with E-state index in [9.17, 15) is 4.39 Å². The van der Waals surface area contributed by atoms with Gasteiger partial charge in [0.05, 0.1) is 5.71 Å². The lowest BCUT2D eigenvalue weighted by Gasteiger charge is -2.20. The molecule has 2 aromatic rings. The molecule has 4 nitrogen and oxygen atoms in total. The van der Waals surface area contributed by atoms with Crippen LogP contribution in [0.5, 0.6) is 5.75 Å². The topological polar surface area (TPSA) is 40.0 Å². The Bertz CT molecular complexity index is 721. The van der Waals surface area contributed by atoms with Crippen LogP contribution in [0.25, 0.3) is 11.1 Å². The number of hydrogen-bond acceptors (Lipinski definition) is 4. The molecule has 0 fully saturated rings. The molecule has 0 bridgehead atoms. The summed E-state index contributed by atoms with van der Waals surface area (Å²) in [5.74, 6) is 0.125. The van der Waals surface area contributed by atoms with E-state index in [0.717, 1.165) is 11.3 Å². The number of rotatable bonds is 8. The number of nitrogens with zero attached hydrogens (tertiary/aromatic N) is 1. The Morgan fingerprint density at radius 3 is 2.32 bits per heavy atom. The lowest BCUT2D eigenvalue weighted by atomic mass is 9.98. The van der Waals surface area contributed by atoms with Crippen LogP contribution in [0, 0.1) is 5.82 Å². The van der Waals surface area contributed by atoms with Crippen molar-refractivity contribution in [1.29, 1.82) is 0 Å². The molecule has 0 saturated carbocycles. The first-order valence-corrected chi connectivity index (χ1v) is 8.37. The van der Waals surface area contributed by atoms with Crippen LogP contribution >= 0.6 is 0 Å². The van der Waals surface area contributed by atoms with Crippen molar-refractivity contribution in [1.82, 2.24) is 0 Å². The van der Waals surface area contributed by atoms with Crippen LogP contribution in [0.1, 0.15) is 39.5 Å². The van der Waals surface area contributed by atoms with E-state index in [2.05, 4.69) is 5.16 Å². The van der Waals surface area contributed by atoms with Crippen molar-refractivity contribution in [3.63, 3.8) is 0 Å². The first-order chi connectivity index (χ1) is 12.1. The summed E-state index contributed by atoms with van der Waals surface area (Å²) in [5, 5.41) is 3.92. The van der Waals surface area contributed by atoms with Crippen molar-refractivity contribution in [2.24, 2.45) is 5.16 Å². The quantitative estimate of drug-likeness (QED) is 0.368. The van der Waals surface area contributed by atoms with Crippen LogP contribution < -0.4 is 4.84 Å². The average molecular weight is 345 g/mol. The molecule has 0 radical (unpaired) electrons. The molecule has 0 N–H and O–H groups in total. The number of ether oxygens (including phenoxy) is 2. The molecule has 25 heavy (non-hydrogen) atoms. The monoisotopic (exact) mass is 345 g/mol. The normalized spacial score (nSPS) is 10.8. The van der Waals surface area contributed by atoms with Gasteiger partial charge in [-0.3, -0.25) is 0 Å². The van der Waals surface area contributed by atoms with Crippen LogP contribution in [0.3, 0.4) is 0 Å². The van der Waals surface area contributed by atoms with E-state index in [1.165, 1.54) is 6.07 Å². The molecule has 0 aliphatic rings. The molecule has 0 aliphatic carbocycles. The van der Waals surface area contributed by atoms with Gasteiger partial charge < -0.3 is 14.3 Å². The summed E-state index contributed by atoms with van der Waals surface area (Å²) < 4.78 is 25.9. The highest BCUT2D eigenvalue weighted by Gasteiger charge is 2.19. The third kappa shape index (κ3) is 5.11. The van der Waals surface area contributed by atoms with E-state index in [1.807, 2.05) is 52.0 Å². The molecule has 0 heterocycles. The van der Waals surface area contributed by atoms with Gasteiger partial charge in [0, 0.05) is 24.3 Å². The average Bonchev–Trinajstić information content (AvgIpc) is 2.61. The summed E-state index contributed by atoms with van der Waals surface area (Å²) in [6.45, 7) is 8.44. The van der Waals surface area contributed by atoms with E-state index in [1.54, 1.807) is 12.1 Å². The Kier molecular flexibility index (Phi) is 7.10. The van der Waals surface area contributed by atoms with Gasteiger partial charge in [-0.2, -0.15) is 0 Å². The standard InChI is InChI=1S/C20H24FNO3/c1-5-23-20(24-6-2)17-10-8-7-9-16(17)18-13-15(11-12-19(18)21)25-22-14(3)4/h7-13,20H,5-6H2,1-4H3. The minimum atomic E-state index is -0.550. The molecule has 134 valence electrons. The highest BCUT2D eigenvalue weighted by atomic mass is 19.1. The maximum Gasteiger partial charge on any atom is 0.184 e. The van der Waals surface area contributed by atoms with Crippen molar-refractivity contribution in [2.75, 3.05) is 13.2 Å². The van der Waals surface area contributed by atoms with Crippen LogP contribution in [-0.2, 0) is 9.47 Å². The first-order valence-electron chi connectivity index (χ1n) is 8.37. The molecule has 2 aromatic carbocycles. The summed E-state index contributed by atoms with van der Waals surface area (Å²) in [4.78, 5) is 5.34. The molecule has 0 saturated heterocycles. The van der Waals surface area contributed by atoms with Crippen molar-refractivity contribution < 1.29 is 18.7 Å². The molecule has 0 atom stereocenters. The zero-order valence-electron chi connectivity index (χ0n) is 15.1. The second kappa shape index (κ2) is 9.30. The highest BCUT2D eigenvalue weighted by Crippen LogP contribution is 2.34. The fraction of sp³-hybridized carbons (Fsp3) is 0.350. The van der Waals surface area contributed by atoms with Gasteiger partial charge >= 0.3 is 0 Å². The Balaban J connectivity index is 2.47. The molecule has 0 aromatic heterocycles. The lowest BCUT2D eigenvalue weighted by Crippen LogP contribution is -2.10. The molecule has 0 spiro atoms. The SMILES string of the molecule is CCOC(OCC)c1ccccc1-c1cc(ON=C(C)C)ccc1F. The largest absolute Gasteiger partial charge is 0.357 e.